The molecule has 0 unspecified atom stereocenters. The Bertz CT molecular complexity index is 965. The van der Waals surface area contributed by atoms with Gasteiger partial charge in [0.1, 0.15) is 0 Å². The summed E-state index contributed by atoms with van der Waals surface area (Å²) >= 11 is 9.08. The number of esters is 1. The summed E-state index contributed by atoms with van der Waals surface area (Å²) in [6.07, 6.45) is -0.117. The van der Waals surface area contributed by atoms with E-state index in [0.29, 0.717) is 16.3 Å². The highest BCUT2D eigenvalue weighted by Gasteiger charge is 2.36. The lowest BCUT2D eigenvalue weighted by Gasteiger charge is -2.17. The Morgan fingerprint density at radius 2 is 1.77 bits per heavy atom. The average Bonchev–Trinajstić information content (AvgIpc) is 3.09. The normalized spacial score (nSPS) is 15.6. The van der Waals surface area contributed by atoms with Gasteiger partial charge in [-0.2, -0.15) is 0 Å². The minimum atomic E-state index is -0.775. The van der Waals surface area contributed by atoms with Crippen LogP contribution in [0, 0.1) is 5.92 Å². The molecule has 10 heteroatoms. The maximum absolute atomic E-state index is 12.2. The van der Waals surface area contributed by atoms with E-state index in [-0.39, 0.29) is 13.0 Å². The predicted molar refractivity (Wildman–Crippen MR) is 112 cm³/mol. The van der Waals surface area contributed by atoms with Crippen molar-refractivity contribution < 1.29 is 23.9 Å². The van der Waals surface area contributed by atoms with Gasteiger partial charge in [-0.25, -0.2) is 0 Å². The first-order valence-corrected chi connectivity index (χ1v) is 10.1. The zero-order chi connectivity index (χ0) is 21.7. The Morgan fingerprint density at radius 3 is 2.43 bits per heavy atom. The van der Waals surface area contributed by atoms with Gasteiger partial charge in [-0.15, -0.1) is 0 Å². The van der Waals surface area contributed by atoms with Crippen molar-refractivity contribution in [2.75, 3.05) is 18.5 Å². The maximum Gasteiger partial charge on any atom is 0.311 e. The average molecular weight is 495 g/mol. The second-order valence-electron chi connectivity index (χ2n) is 6.52. The number of halogens is 2. The Hall–Kier alpha value is -2.91. The van der Waals surface area contributed by atoms with E-state index < -0.39 is 36.2 Å². The zero-order valence-electron chi connectivity index (χ0n) is 15.6. The molecule has 1 aliphatic rings. The number of benzene rings is 2. The maximum atomic E-state index is 12.2. The molecule has 2 aromatic rings. The summed E-state index contributed by atoms with van der Waals surface area (Å²) in [5, 5.41) is 4.16. The van der Waals surface area contributed by atoms with Gasteiger partial charge < -0.3 is 10.1 Å². The first kappa shape index (κ1) is 21.8. The fourth-order valence-corrected chi connectivity index (χ4v) is 3.14. The van der Waals surface area contributed by atoms with Gasteiger partial charge in [-0.05, 0) is 48.5 Å². The Balaban J connectivity index is 1.47. The third kappa shape index (κ3) is 5.80. The highest BCUT2D eigenvalue weighted by atomic mass is 79.9. The highest BCUT2D eigenvalue weighted by Crippen LogP contribution is 2.19. The van der Waals surface area contributed by atoms with Gasteiger partial charge in [-0.3, -0.25) is 29.6 Å². The molecule has 0 saturated carbocycles. The van der Waals surface area contributed by atoms with Crippen molar-refractivity contribution in [3.8, 4) is 0 Å². The first-order chi connectivity index (χ1) is 14.3. The van der Waals surface area contributed by atoms with Gasteiger partial charge in [0.15, 0.2) is 6.61 Å². The summed E-state index contributed by atoms with van der Waals surface area (Å²) in [7, 11) is 0. The summed E-state index contributed by atoms with van der Waals surface area (Å²) in [6.45, 7) is -0.512. The van der Waals surface area contributed by atoms with Crippen molar-refractivity contribution >= 4 is 56.9 Å². The molecular weight excluding hydrogens is 478 g/mol. The molecule has 3 rings (SSSR count). The largest absolute Gasteiger partial charge is 0.455 e. The van der Waals surface area contributed by atoms with Crippen LogP contribution in [-0.2, 0) is 19.1 Å². The minimum Gasteiger partial charge on any atom is -0.455 e. The molecule has 30 heavy (non-hydrogen) atoms. The van der Waals surface area contributed by atoms with Crippen LogP contribution in [0.5, 0.6) is 0 Å². The molecule has 0 spiro atoms. The number of nitrogens with one attached hydrogen (secondary N) is 2. The number of nitrogens with zero attached hydrogens (tertiary/aromatic N) is 1. The van der Waals surface area contributed by atoms with Crippen molar-refractivity contribution in [2.24, 2.45) is 5.92 Å². The molecule has 1 heterocycles. The Morgan fingerprint density at radius 1 is 1.10 bits per heavy atom. The number of ether oxygens (including phenoxy) is 1. The third-order valence-corrected chi connectivity index (χ3v) is 5.06. The fourth-order valence-electron chi connectivity index (χ4n) is 2.75. The van der Waals surface area contributed by atoms with Crippen molar-refractivity contribution in [3.05, 3.63) is 63.6 Å². The van der Waals surface area contributed by atoms with Gasteiger partial charge in [-0.1, -0.05) is 27.5 Å². The van der Waals surface area contributed by atoms with Gasteiger partial charge in [0.05, 0.1) is 12.5 Å². The van der Waals surface area contributed by atoms with Crippen molar-refractivity contribution in [2.45, 2.75) is 6.42 Å². The molecule has 2 N–H and O–H groups in total. The van der Waals surface area contributed by atoms with Crippen LogP contribution >= 0.6 is 27.5 Å². The number of hydrogen-bond acceptors (Lipinski definition) is 5. The lowest BCUT2D eigenvalue weighted by molar-refractivity contribution is -0.151. The molecule has 1 saturated heterocycles. The van der Waals surface area contributed by atoms with Crippen LogP contribution in [-0.4, -0.2) is 41.9 Å². The molecule has 1 aliphatic heterocycles. The number of anilines is 1. The van der Waals surface area contributed by atoms with E-state index in [9.17, 15) is 19.2 Å². The molecule has 2 aromatic carbocycles. The van der Waals surface area contributed by atoms with E-state index in [1.54, 1.807) is 36.4 Å². The predicted octanol–water partition coefficient (Wildman–Crippen LogP) is 2.78. The second-order valence-corrected chi connectivity index (χ2v) is 7.87. The molecule has 1 fully saturated rings. The Kier molecular flexibility index (Phi) is 7.07. The third-order valence-electron chi connectivity index (χ3n) is 4.27. The summed E-state index contributed by atoms with van der Waals surface area (Å²) in [5.74, 6) is -2.87. The number of rotatable bonds is 6. The van der Waals surface area contributed by atoms with E-state index in [4.69, 9.17) is 16.3 Å². The van der Waals surface area contributed by atoms with Crippen LogP contribution in [0.4, 0.5) is 5.69 Å². The van der Waals surface area contributed by atoms with Gasteiger partial charge in [0.25, 0.3) is 11.8 Å². The number of carbonyl (C=O) groups excluding carboxylic acids is 4. The van der Waals surface area contributed by atoms with E-state index in [1.165, 1.54) is 12.1 Å². The molecule has 0 radical (unpaired) electrons. The minimum absolute atomic E-state index is 0.0364. The highest BCUT2D eigenvalue weighted by molar-refractivity contribution is 9.10. The SMILES string of the molecule is O=C(COC(=O)[C@H]1CC(=O)N(NC(=O)c2ccc(Cl)cc2)C1)Nc1ccc(Br)cc1. The quantitative estimate of drug-likeness (QED) is 0.601. The van der Waals surface area contributed by atoms with Gasteiger partial charge in [0.2, 0.25) is 5.91 Å². The second kappa shape index (κ2) is 9.73. The van der Waals surface area contributed by atoms with Crippen molar-refractivity contribution in [1.82, 2.24) is 10.4 Å². The molecule has 1 atom stereocenters. The van der Waals surface area contributed by atoms with Gasteiger partial charge >= 0.3 is 5.97 Å². The van der Waals surface area contributed by atoms with Crippen molar-refractivity contribution in [3.63, 3.8) is 0 Å². The topological polar surface area (TPSA) is 105 Å². The van der Waals surface area contributed by atoms with Crippen molar-refractivity contribution in [1.29, 1.82) is 0 Å². The fraction of sp³-hybridized carbons (Fsp3) is 0.200. The summed E-state index contributed by atoms with van der Waals surface area (Å²) in [6, 6.07) is 13.1. The van der Waals surface area contributed by atoms with E-state index in [2.05, 4.69) is 26.7 Å². The molecule has 0 aromatic heterocycles. The molecule has 8 nitrogen and oxygen atoms in total. The zero-order valence-corrected chi connectivity index (χ0v) is 17.9. The standard InChI is InChI=1S/C20H17BrClN3O5/c21-14-3-7-16(8-4-14)23-17(26)11-30-20(29)13-9-18(27)25(10-13)24-19(28)12-1-5-15(22)6-2-12/h1-8,13H,9-11H2,(H,23,26)(H,24,28)/t13-/m0/s1. The van der Waals surface area contributed by atoms with Crippen LogP contribution in [0.1, 0.15) is 16.8 Å². The summed E-state index contributed by atoms with van der Waals surface area (Å²) in [5.41, 5.74) is 3.35. The molecule has 0 bridgehead atoms. The number of hydrogen-bond donors (Lipinski definition) is 2. The Labute approximate surface area is 185 Å². The molecule has 156 valence electrons. The number of hydrazine groups is 1. The van der Waals surface area contributed by atoms with Crippen LogP contribution < -0.4 is 10.7 Å². The van der Waals surface area contributed by atoms with E-state index in [1.807, 2.05) is 0 Å². The van der Waals surface area contributed by atoms with Crippen LogP contribution in [0.25, 0.3) is 0 Å². The van der Waals surface area contributed by atoms with E-state index >= 15 is 0 Å². The van der Waals surface area contributed by atoms with Crippen LogP contribution in [0.15, 0.2) is 53.0 Å². The smallest absolute Gasteiger partial charge is 0.311 e. The van der Waals surface area contributed by atoms with Crippen LogP contribution in [0.3, 0.4) is 0 Å². The monoisotopic (exact) mass is 493 g/mol. The summed E-state index contributed by atoms with van der Waals surface area (Å²) < 4.78 is 5.88. The van der Waals surface area contributed by atoms with Gasteiger partial charge in [0, 0.05) is 27.2 Å². The van der Waals surface area contributed by atoms with Crippen LogP contribution in [0.2, 0.25) is 5.02 Å². The van der Waals surface area contributed by atoms with E-state index in [0.717, 1.165) is 9.48 Å². The molecule has 3 amide bonds. The molecule has 0 aliphatic carbocycles. The summed E-state index contributed by atoms with van der Waals surface area (Å²) in [4.78, 5) is 48.5. The lowest BCUT2D eigenvalue weighted by atomic mass is 10.1. The molecular formula is C20H17BrClN3O5. The number of carbonyl (C=O) groups is 4. The lowest BCUT2D eigenvalue weighted by Crippen LogP contribution is -2.43. The number of amides is 3. The first-order valence-electron chi connectivity index (χ1n) is 8.91.